The van der Waals surface area contributed by atoms with E-state index in [2.05, 4.69) is 4.90 Å². The molecule has 1 saturated heterocycles. The maximum absolute atomic E-state index is 12.4. The quantitative estimate of drug-likeness (QED) is 0.728. The second-order valence-electron chi connectivity index (χ2n) is 5.69. The van der Waals surface area contributed by atoms with Crippen molar-refractivity contribution in [2.75, 3.05) is 39.3 Å². The van der Waals surface area contributed by atoms with Crippen molar-refractivity contribution in [1.29, 1.82) is 0 Å². The third-order valence-electron chi connectivity index (χ3n) is 4.34. The lowest BCUT2D eigenvalue weighted by Gasteiger charge is -2.35. The van der Waals surface area contributed by atoms with Crippen LogP contribution in [0.15, 0.2) is 0 Å². The molecule has 0 aromatic carbocycles. The highest BCUT2D eigenvalue weighted by Gasteiger charge is 2.35. The molecule has 6 heteroatoms. The normalized spacial score (nSPS) is 24.1. The minimum atomic E-state index is -3.02. The van der Waals surface area contributed by atoms with Crippen LogP contribution in [0.2, 0.25) is 0 Å². The summed E-state index contributed by atoms with van der Waals surface area (Å²) in [4.78, 5) is 2.36. The molecule has 19 heavy (non-hydrogen) atoms. The number of rotatable bonds is 6. The van der Waals surface area contributed by atoms with Gasteiger partial charge in [-0.3, -0.25) is 0 Å². The van der Waals surface area contributed by atoms with Crippen molar-refractivity contribution < 1.29 is 8.42 Å². The topological polar surface area (TPSA) is 66.6 Å². The SMILES string of the molecule is NCCCCN1CCN(S(=O)(=O)C2CCCC2)CC1. The predicted octanol–water partition coefficient (Wildman–Crippen LogP) is 0.615. The zero-order valence-electron chi connectivity index (χ0n) is 11.8. The van der Waals surface area contributed by atoms with E-state index in [1.807, 2.05) is 0 Å². The molecule has 0 amide bonds. The summed E-state index contributed by atoms with van der Waals surface area (Å²) in [6.45, 7) is 4.88. The second kappa shape index (κ2) is 7.02. The number of hydrogen-bond acceptors (Lipinski definition) is 4. The van der Waals surface area contributed by atoms with Gasteiger partial charge in [-0.05, 0) is 38.8 Å². The molecule has 5 nitrogen and oxygen atoms in total. The molecule has 1 aliphatic carbocycles. The Kier molecular flexibility index (Phi) is 5.62. The summed E-state index contributed by atoms with van der Waals surface area (Å²) in [5, 5.41) is -0.101. The van der Waals surface area contributed by atoms with E-state index in [1.165, 1.54) is 0 Å². The molecule has 0 radical (unpaired) electrons. The monoisotopic (exact) mass is 289 g/mol. The molecule has 112 valence electrons. The first-order valence-corrected chi connectivity index (χ1v) is 9.06. The van der Waals surface area contributed by atoms with E-state index >= 15 is 0 Å². The number of nitrogens with zero attached hydrogens (tertiary/aromatic N) is 2. The standard InChI is InChI=1S/C13H27N3O2S/c14-7-3-4-8-15-9-11-16(12-10-15)19(17,18)13-5-1-2-6-13/h13H,1-12,14H2. The number of hydrogen-bond donors (Lipinski definition) is 1. The Morgan fingerprint density at radius 2 is 1.63 bits per heavy atom. The van der Waals surface area contributed by atoms with E-state index in [0.29, 0.717) is 13.1 Å². The number of piperazine rings is 1. The smallest absolute Gasteiger partial charge is 0.217 e. The first-order chi connectivity index (χ1) is 9.14. The molecule has 0 spiro atoms. The molecule has 0 aromatic heterocycles. The van der Waals surface area contributed by atoms with Gasteiger partial charge in [0.2, 0.25) is 10.0 Å². The van der Waals surface area contributed by atoms with Crippen LogP contribution in [0.1, 0.15) is 38.5 Å². The van der Waals surface area contributed by atoms with E-state index in [4.69, 9.17) is 5.73 Å². The summed E-state index contributed by atoms with van der Waals surface area (Å²) in [5.41, 5.74) is 5.49. The lowest BCUT2D eigenvalue weighted by Crippen LogP contribution is -2.50. The highest BCUT2D eigenvalue weighted by Crippen LogP contribution is 2.27. The molecular weight excluding hydrogens is 262 g/mol. The Labute approximate surface area is 117 Å². The van der Waals surface area contributed by atoms with Crippen LogP contribution < -0.4 is 5.73 Å². The van der Waals surface area contributed by atoms with Crippen LogP contribution in [0.5, 0.6) is 0 Å². The van der Waals surface area contributed by atoms with Crippen LogP contribution in [0.25, 0.3) is 0 Å². The van der Waals surface area contributed by atoms with Gasteiger partial charge in [-0.25, -0.2) is 8.42 Å². The van der Waals surface area contributed by atoms with Gasteiger partial charge in [-0.15, -0.1) is 0 Å². The minimum absolute atomic E-state index is 0.101. The van der Waals surface area contributed by atoms with E-state index in [-0.39, 0.29) is 5.25 Å². The van der Waals surface area contributed by atoms with Crippen molar-refractivity contribution >= 4 is 10.0 Å². The summed E-state index contributed by atoms with van der Waals surface area (Å²) >= 11 is 0. The molecule has 0 atom stereocenters. The molecule has 0 bridgehead atoms. The second-order valence-corrected chi connectivity index (χ2v) is 7.90. The van der Waals surface area contributed by atoms with Gasteiger partial charge in [0.05, 0.1) is 5.25 Å². The molecule has 2 aliphatic rings. The third-order valence-corrected chi connectivity index (χ3v) is 6.74. The van der Waals surface area contributed by atoms with Gasteiger partial charge in [0, 0.05) is 26.2 Å². The fraction of sp³-hybridized carbons (Fsp3) is 1.00. The first-order valence-electron chi connectivity index (χ1n) is 7.56. The summed E-state index contributed by atoms with van der Waals surface area (Å²) in [6.07, 6.45) is 6.04. The zero-order valence-corrected chi connectivity index (χ0v) is 12.6. The van der Waals surface area contributed by atoms with Gasteiger partial charge in [0.1, 0.15) is 0 Å². The maximum atomic E-state index is 12.4. The maximum Gasteiger partial charge on any atom is 0.217 e. The molecule has 2 N–H and O–H groups in total. The average molecular weight is 289 g/mol. The van der Waals surface area contributed by atoms with Crippen LogP contribution in [-0.2, 0) is 10.0 Å². The Balaban J connectivity index is 1.79. The molecule has 2 rings (SSSR count). The summed E-state index contributed by atoms with van der Waals surface area (Å²) in [7, 11) is -3.02. The van der Waals surface area contributed by atoms with E-state index < -0.39 is 10.0 Å². The molecule has 1 aliphatic heterocycles. The van der Waals surface area contributed by atoms with E-state index in [9.17, 15) is 8.42 Å². The van der Waals surface area contributed by atoms with Crippen LogP contribution in [0.4, 0.5) is 0 Å². The van der Waals surface area contributed by atoms with Crippen LogP contribution >= 0.6 is 0 Å². The van der Waals surface area contributed by atoms with Gasteiger partial charge >= 0.3 is 0 Å². The van der Waals surface area contributed by atoms with Crippen molar-refractivity contribution in [2.24, 2.45) is 5.73 Å². The number of unbranched alkanes of at least 4 members (excludes halogenated alkanes) is 1. The van der Waals surface area contributed by atoms with Gasteiger partial charge in [-0.1, -0.05) is 12.8 Å². The van der Waals surface area contributed by atoms with Crippen LogP contribution in [-0.4, -0.2) is 62.1 Å². The van der Waals surface area contributed by atoms with Crippen molar-refractivity contribution in [1.82, 2.24) is 9.21 Å². The van der Waals surface area contributed by atoms with E-state index in [0.717, 1.165) is 64.7 Å². The summed E-state index contributed by atoms with van der Waals surface area (Å²) in [5.74, 6) is 0. The van der Waals surface area contributed by atoms with Crippen molar-refractivity contribution in [2.45, 2.75) is 43.8 Å². The molecule has 1 heterocycles. The van der Waals surface area contributed by atoms with Crippen molar-refractivity contribution in [3.63, 3.8) is 0 Å². The number of sulfonamides is 1. The first kappa shape index (κ1) is 15.2. The van der Waals surface area contributed by atoms with Gasteiger partial charge in [-0.2, -0.15) is 4.31 Å². The van der Waals surface area contributed by atoms with Crippen LogP contribution in [0.3, 0.4) is 0 Å². The number of nitrogens with two attached hydrogens (primary N) is 1. The van der Waals surface area contributed by atoms with Crippen LogP contribution in [0, 0.1) is 0 Å². The highest BCUT2D eigenvalue weighted by atomic mass is 32.2. The molecule has 0 unspecified atom stereocenters. The van der Waals surface area contributed by atoms with Gasteiger partial charge < -0.3 is 10.6 Å². The average Bonchev–Trinajstić information content (AvgIpc) is 2.94. The van der Waals surface area contributed by atoms with E-state index in [1.54, 1.807) is 4.31 Å². The lowest BCUT2D eigenvalue weighted by molar-refractivity contribution is 0.185. The summed E-state index contributed by atoms with van der Waals surface area (Å²) in [6, 6.07) is 0. The Hall–Kier alpha value is -0.170. The molecule has 1 saturated carbocycles. The minimum Gasteiger partial charge on any atom is -0.330 e. The van der Waals surface area contributed by atoms with Crippen molar-refractivity contribution in [3.8, 4) is 0 Å². The third kappa shape index (κ3) is 3.90. The highest BCUT2D eigenvalue weighted by molar-refractivity contribution is 7.89. The Morgan fingerprint density at radius 3 is 2.21 bits per heavy atom. The largest absolute Gasteiger partial charge is 0.330 e. The molecule has 2 fully saturated rings. The zero-order chi connectivity index (χ0) is 13.7. The fourth-order valence-corrected chi connectivity index (χ4v) is 5.11. The van der Waals surface area contributed by atoms with Crippen molar-refractivity contribution in [3.05, 3.63) is 0 Å². The Morgan fingerprint density at radius 1 is 1.00 bits per heavy atom. The lowest BCUT2D eigenvalue weighted by atomic mass is 10.2. The fourth-order valence-electron chi connectivity index (χ4n) is 3.08. The van der Waals surface area contributed by atoms with Gasteiger partial charge in [0.25, 0.3) is 0 Å². The predicted molar refractivity (Wildman–Crippen MR) is 77.5 cm³/mol. The van der Waals surface area contributed by atoms with Gasteiger partial charge in [0.15, 0.2) is 0 Å². The molecular formula is C13H27N3O2S. The Bertz CT molecular complexity index is 358. The summed E-state index contributed by atoms with van der Waals surface area (Å²) < 4.78 is 26.6. The molecule has 0 aromatic rings.